The summed E-state index contributed by atoms with van der Waals surface area (Å²) in [7, 11) is 0. The first-order valence-electron chi connectivity index (χ1n) is 12.0. The lowest BCUT2D eigenvalue weighted by Crippen LogP contribution is -2.44. The summed E-state index contributed by atoms with van der Waals surface area (Å²) in [6.45, 7) is 3.80. The van der Waals surface area contributed by atoms with E-state index in [-0.39, 0.29) is 23.7 Å². The van der Waals surface area contributed by atoms with E-state index in [9.17, 15) is 14.7 Å². The van der Waals surface area contributed by atoms with Crippen molar-refractivity contribution in [3.63, 3.8) is 0 Å². The van der Waals surface area contributed by atoms with Gasteiger partial charge in [0.25, 0.3) is 0 Å². The highest BCUT2D eigenvalue weighted by Crippen LogP contribution is 2.31. The van der Waals surface area contributed by atoms with E-state index in [1.165, 1.54) is 0 Å². The summed E-state index contributed by atoms with van der Waals surface area (Å²) in [4.78, 5) is 28.5. The maximum atomic E-state index is 13.2. The van der Waals surface area contributed by atoms with Crippen LogP contribution in [0, 0.1) is 0 Å². The number of primary amides is 1. The fourth-order valence-electron chi connectivity index (χ4n) is 4.42. The van der Waals surface area contributed by atoms with E-state index in [2.05, 4.69) is 0 Å². The molecule has 0 bridgehead atoms. The van der Waals surface area contributed by atoms with Gasteiger partial charge in [-0.15, -0.1) is 0 Å². The molecule has 0 radical (unpaired) electrons. The number of aromatic hydroxyl groups is 1. The number of nitrogens with zero attached hydrogens (tertiary/aromatic N) is 2. The fraction of sp³-hybridized carbons (Fsp3) is 0.241. The first-order valence-corrected chi connectivity index (χ1v) is 12.0. The lowest BCUT2D eigenvalue weighted by Gasteiger charge is -2.27. The molecule has 0 saturated carbocycles. The molecule has 36 heavy (non-hydrogen) atoms. The lowest BCUT2D eigenvalue weighted by molar-refractivity contribution is -0.128. The Bertz CT molecular complexity index is 1280. The number of carbonyl (C=O) groups is 2. The molecular weight excluding hydrogens is 452 g/mol. The van der Waals surface area contributed by atoms with Crippen molar-refractivity contribution in [2.45, 2.75) is 18.9 Å². The second kappa shape index (κ2) is 10.7. The van der Waals surface area contributed by atoms with Gasteiger partial charge in [-0.25, -0.2) is 0 Å². The van der Waals surface area contributed by atoms with E-state index < -0.39 is 5.91 Å². The van der Waals surface area contributed by atoms with Crippen molar-refractivity contribution < 1.29 is 14.7 Å². The first-order chi connectivity index (χ1) is 17.2. The molecular formula is C29H32N4O3. The van der Waals surface area contributed by atoms with E-state index in [1.54, 1.807) is 30.3 Å². The number of benzene rings is 3. The van der Waals surface area contributed by atoms with Crippen LogP contribution in [0.3, 0.4) is 0 Å². The van der Waals surface area contributed by atoms with Gasteiger partial charge in [-0.05, 0) is 54.8 Å². The lowest BCUT2D eigenvalue weighted by atomic mass is 10.0. The van der Waals surface area contributed by atoms with E-state index in [0.717, 1.165) is 28.8 Å². The Morgan fingerprint density at radius 1 is 1.08 bits per heavy atom. The first kappa shape index (κ1) is 25.0. The van der Waals surface area contributed by atoms with Crippen LogP contribution in [-0.2, 0) is 4.79 Å². The zero-order valence-corrected chi connectivity index (χ0v) is 20.4. The van der Waals surface area contributed by atoms with Gasteiger partial charge in [0.05, 0.1) is 6.54 Å². The molecule has 0 aliphatic carbocycles. The quantitative estimate of drug-likeness (QED) is 0.452. The van der Waals surface area contributed by atoms with Crippen molar-refractivity contribution in [3.8, 4) is 16.9 Å². The average molecular weight is 485 g/mol. The van der Waals surface area contributed by atoms with Crippen LogP contribution in [0.5, 0.6) is 5.75 Å². The van der Waals surface area contributed by atoms with Crippen molar-refractivity contribution in [1.29, 1.82) is 0 Å². The van der Waals surface area contributed by atoms with Gasteiger partial charge < -0.3 is 26.4 Å². The maximum Gasteiger partial charge on any atom is 0.248 e. The van der Waals surface area contributed by atoms with Gasteiger partial charge in [-0.1, -0.05) is 54.6 Å². The van der Waals surface area contributed by atoms with Gasteiger partial charge in [0.2, 0.25) is 11.8 Å². The molecule has 7 nitrogen and oxygen atoms in total. The molecule has 7 heteroatoms. The van der Waals surface area contributed by atoms with Gasteiger partial charge in [-0.3, -0.25) is 9.59 Å². The standard InChI is InChI=1S/C29H32N4O3/c1-29(31)14-16-33(20-29)27(35)19-32(15-6-8-21-7-4-10-23(17-21)28(30)36)24-11-5-9-22(18-24)25-12-2-3-13-26(25)34/h2-13,17-18,34H,14-16,19-20,31H2,1H3,(H2,30,36)/b8-6+. The molecule has 1 fully saturated rings. The van der Waals surface area contributed by atoms with Crippen molar-refractivity contribution in [1.82, 2.24) is 4.90 Å². The number of anilines is 1. The minimum absolute atomic E-state index is 0.0151. The molecule has 5 N–H and O–H groups in total. The van der Waals surface area contributed by atoms with Crippen LogP contribution < -0.4 is 16.4 Å². The van der Waals surface area contributed by atoms with Crippen LogP contribution >= 0.6 is 0 Å². The second-order valence-corrected chi connectivity index (χ2v) is 9.56. The van der Waals surface area contributed by atoms with Crippen molar-refractivity contribution in [3.05, 3.63) is 90.0 Å². The smallest absolute Gasteiger partial charge is 0.248 e. The van der Waals surface area contributed by atoms with Crippen molar-refractivity contribution in [2.24, 2.45) is 11.5 Å². The predicted octanol–water partition coefficient (Wildman–Crippen LogP) is 3.63. The number of phenolic OH excluding ortho intramolecular Hbond substituents is 1. The Kier molecular flexibility index (Phi) is 7.41. The SMILES string of the molecule is CC1(N)CCN(C(=O)CN(C/C=C/c2cccc(C(N)=O)c2)c2cccc(-c3ccccc3O)c2)C1. The van der Waals surface area contributed by atoms with Gasteiger partial charge >= 0.3 is 0 Å². The zero-order valence-electron chi connectivity index (χ0n) is 20.4. The molecule has 186 valence electrons. The van der Waals surface area contributed by atoms with E-state index in [4.69, 9.17) is 11.5 Å². The van der Waals surface area contributed by atoms with Crippen LogP contribution in [0.4, 0.5) is 5.69 Å². The molecule has 4 rings (SSSR count). The number of rotatable bonds is 8. The summed E-state index contributed by atoms with van der Waals surface area (Å²) < 4.78 is 0. The van der Waals surface area contributed by atoms with E-state index in [1.807, 2.05) is 71.3 Å². The number of nitrogens with two attached hydrogens (primary N) is 2. The number of likely N-dealkylation sites (tertiary alicyclic amines) is 1. The number of carbonyl (C=O) groups excluding carboxylic acids is 2. The monoisotopic (exact) mass is 484 g/mol. The molecule has 1 unspecified atom stereocenters. The molecule has 0 aromatic heterocycles. The molecule has 1 aliphatic heterocycles. The van der Waals surface area contributed by atoms with Crippen LogP contribution in [-0.4, -0.2) is 53.5 Å². The average Bonchev–Trinajstić information content (AvgIpc) is 3.23. The molecule has 3 aromatic carbocycles. The largest absolute Gasteiger partial charge is 0.507 e. The summed E-state index contributed by atoms with van der Waals surface area (Å²) in [5.41, 5.74) is 15.0. The number of amides is 2. The predicted molar refractivity (Wildman–Crippen MR) is 144 cm³/mol. The number of phenols is 1. The highest BCUT2D eigenvalue weighted by molar-refractivity contribution is 5.93. The Morgan fingerprint density at radius 2 is 1.86 bits per heavy atom. The van der Waals surface area contributed by atoms with Crippen LogP contribution in [0.1, 0.15) is 29.3 Å². The Hall–Kier alpha value is -4.10. The van der Waals surface area contributed by atoms with Gasteiger partial charge in [-0.2, -0.15) is 0 Å². The van der Waals surface area contributed by atoms with E-state index in [0.29, 0.717) is 25.2 Å². The Morgan fingerprint density at radius 3 is 2.58 bits per heavy atom. The highest BCUT2D eigenvalue weighted by atomic mass is 16.3. The topological polar surface area (TPSA) is 113 Å². The summed E-state index contributed by atoms with van der Waals surface area (Å²) >= 11 is 0. The summed E-state index contributed by atoms with van der Waals surface area (Å²) in [5, 5.41) is 10.3. The minimum Gasteiger partial charge on any atom is -0.507 e. The molecule has 2 amide bonds. The minimum atomic E-state index is -0.476. The number of para-hydroxylation sites is 1. The van der Waals surface area contributed by atoms with Gasteiger partial charge in [0.15, 0.2) is 0 Å². The van der Waals surface area contributed by atoms with Gasteiger partial charge in [0, 0.05) is 42.0 Å². The Balaban J connectivity index is 1.59. The zero-order chi connectivity index (χ0) is 25.7. The fourth-order valence-corrected chi connectivity index (χ4v) is 4.42. The molecule has 1 saturated heterocycles. The summed E-state index contributed by atoms with van der Waals surface area (Å²) in [6, 6.07) is 22.1. The normalized spacial score (nSPS) is 17.4. The number of hydrogen-bond donors (Lipinski definition) is 3. The third kappa shape index (κ3) is 6.12. The number of hydrogen-bond acceptors (Lipinski definition) is 5. The van der Waals surface area contributed by atoms with Gasteiger partial charge in [0.1, 0.15) is 5.75 Å². The highest BCUT2D eigenvalue weighted by Gasteiger charge is 2.33. The molecule has 0 spiro atoms. The molecule has 1 aliphatic rings. The van der Waals surface area contributed by atoms with Crippen molar-refractivity contribution >= 4 is 23.6 Å². The third-order valence-corrected chi connectivity index (χ3v) is 6.42. The third-order valence-electron chi connectivity index (χ3n) is 6.42. The molecule has 1 heterocycles. The van der Waals surface area contributed by atoms with Crippen LogP contribution in [0.25, 0.3) is 17.2 Å². The molecule has 3 aromatic rings. The van der Waals surface area contributed by atoms with Crippen LogP contribution in [0.2, 0.25) is 0 Å². The Labute approximate surface area is 211 Å². The summed E-state index contributed by atoms with van der Waals surface area (Å²) in [5.74, 6) is -0.261. The van der Waals surface area contributed by atoms with Crippen LogP contribution in [0.15, 0.2) is 78.9 Å². The van der Waals surface area contributed by atoms with E-state index >= 15 is 0 Å². The summed E-state index contributed by atoms with van der Waals surface area (Å²) in [6.07, 6.45) is 4.64. The molecule has 1 atom stereocenters. The maximum absolute atomic E-state index is 13.2. The second-order valence-electron chi connectivity index (χ2n) is 9.56. The van der Waals surface area contributed by atoms with Crippen molar-refractivity contribution in [2.75, 3.05) is 31.1 Å².